The lowest BCUT2D eigenvalue weighted by molar-refractivity contribution is 0.120. The summed E-state index contributed by atoms with van der Waals surface area (Å²) in [4.78, 5) is 4.79. The van der Waals surface area contributed by atoms with E-state index in [1.165, 1.54) is 22.3 Å². The fourth-order valence-electron chi connectivity index (χ4n) is 3.29. The number of hydrogen-bond donors (Lipinski definition) is 1. The predicted octanol–water partition coefficient (Wildman–Crippen LogP) is 4.02. The van der Waals surface area contributed by atoms with Crippen molar-refractivity contribution in [1.82, 2.24) is 9.80 Å². The molecule has 138 valence electrons. The summed E-state index contributed by atoms with van der Waals surface area (Å²) in [5.41, 5.74) is 4.97. The molecule has 0 radical (unpaired) electrons. The molecule has 4 heteroatoms. The molecule has 1 aliphatic rings. The normalized spacial score (nSPS) is 16.8. The zero-order valence-electron chi connectivity index (χ0n) is 15.4. The molecule has 3 nitrogen and oxygen atoms in total. The Morgan fingerprint density at radius 2 is 1.46 bits per heavy atom. The van der Waals surface area contributed by atoms with Crippen molar-refractivity contribution < 1.29 is 5.11 Å². The second-order valence-corrected chi connectivity index (χ2v) is 7.27. The van der Waals surface area contributed by atoms with Gasteiger partial charge in [-0.15, -0.1) is 0 Å². The summed E-state index contributed by atoms with van der Waals surface area (Å²) >= 11 is 5.96. The van der Waals surface area contributed by atoms with Gasteiger partial charge in [0.15, 0.2) is 0 Å². The van der Waals surface area contributed by atoms with Crippen LogP contribution in [0.2, 0.25) is 5.02 Å². The zero-order chi connectivity index (χ0) is 18.4. The number of benzene rings is 2. The number of piperazine rings is 1. The minimum absolute atomic E-state index is 0.255. The Bertz CT molecular complexity index is 717. The van der Waals surface area contributed by atoms with Crippen molar-refractivity contribution in [3.8, 4) is 11.1 Å². The molecule has 1 N–H and O–H groups in total. The maximum atomic E-state index is 9.02. The summed E-state index contributed by atoms with van der Waals surface area (Å²) in [6, 6.07) is 16.7. The minimum atomic E-state index is 0.255. The van der Waals surface area contributed by atoms with Crippen LogP contribution in [0.5, 0.6) is 0 Å². The van der Waals surface area contributed by atoms with Gasteiger partial charge in [0.1, 0.15) is 0 Å². The van der Waals surface area contributed by atoms with Gasteiger partial charge < -0.3 is 5.11 Å². The Balaban J connectivity index is 1.57. The highest BCUT2D eigenvalue weighted by Gasteiger charge is 2.15. The van der Waals surface area contributed by atoms with Gasteiger partial charge in [-0.25, -0.2) is 0 Å². The van der Waals surface area contributed by atoms with Crippen LogP contribution in [0.25, 0.3) is 16.7 Å². The first-order valence-corrected chi connectivity index (χ1v) is 9.62. The van der Waals surface area contributed by atoms with E-state index in [0.29, 0.717) is 0 Å². The topological polar surface area (TPSA) is 26.7 Å². The smallest absolute Gasteiger partial charge is 0.0558 e. The molecule has 1 aliphatic heterocycles. The summed E-state index contributed by atoms with van der Waals surface area (Å²) < 4.78 is 0. The Hall–Kier alpha value is -1.65. The van der Waals surface area contributed by atoms with E-state index in [1.54, 1.807) is 0 Å². The molecular weight excluding hydrogens is 344 g/mol. The van der Waals surface area contributed by atoms with Gasteiger partial charge in [-0.3, -0.25) is 9.80 Å². The van der Waals surface area contributed by atoms with Crippen LogP contribution in [0.4, 0.5) is 0 Å². The van der Waals surface area contributed by atoms with Crippen LogP contribution < -0.4 is 0 Å². The van der Waals surface area contributed by atoms with Gasteiger partial charge in [0, 0.05) is 44.3 Å². The molecule has 0 atom stereocenters. The largest absolute Gasteiger partial charge is 0.395 e. The Kier molecular flexibility index (Phi) is 6.86. The van der Waals surface area contributed by atoms with Crippen molar-refractivity contribution in [2.45, 2.75) is 6.92 Å². The molecule has 0 aliphatic carbocycles. The molecule has 0 amide bonds. The molecule has 2 aromatic carbocycles. The van der Waals surface area contributed by atoms with E-state index in [2.05, 4.69) is 59.2 Å². The van der Waals surface area contributed by atoms with E-state index in [1.807, 2.05) is 12.1 Å². The van der Waals surface area contributed by atoms with Gasteiger partial charge in [-0.1, -0.05) is 54.1 Å². The van der Waals surface area contributed by atoms with Crippen molar-refractivity contribution in [3.63, 3.8) is 0 Å². The molecular formula is C22H27ClN2O. The zero-order valence-corrected chi connectivity index (χ0v) is 16.1. The standard InChI is InChI=1S/C22H27ClN2O/c1-18(10-11-24-12-14-25(15-13-24)16-17-26)19-2-4-20(5-3-19)21-6-8-22(23)9-7-21/h2-10,26H,11-17H2,1H3. The molecule has 1 heterocycles. The number of β-amino-alcohol motifs (C(OH)–C–C–N with tert-alkyl or cyclic N) is 1. The number of aliphatic hydroxyl groups excluding tert-OH is 1. The Labute approximate surface area is 161 Å². The maximum Gasteiger partial charge on any atom is 0.0558 e. The van der Waals surface area contributed by atoms with Crippen molar-refractivity contribution in [2.24, 2.45) is 0 Å². The Morgan fingerprint density at radius 1 is 0.923 bits per heavy atom. The van der Waals surface area contributed by atoms with Gasteiger partial charge in [0.05, 0.1) is 6.61 Å². The molecule has 1 saturated heterocycles. The number of allylic oxidation sites excluding steroid dienone is 1. The molecule has 0 saturated carbocycles. The highest BCUT2D eigenvalue weighted by atomic mass is 35.5. The first-order chi connectivity index (χ1) is 12.7. The van der Waals surface area contributed by atoms with E-state index in [0.717, 1.165) is 44.3 Å². The quantitative estimate of drug-likeness (QED) is 0.831. The van der Waals surface area contributed by atoms with E-state index >= 15 is 0 Å². The molecule has 0 unspecified atom stereocenters. The van der Waals surface area contributed by atoms with Crippen molar-refractivity contribution in [1.29, 1.82) is 0 Å². The first-order valence-electron chi connectivity index (χ1n) is 9.24. The van der Waals surface area contributed by atoms with Crippen LogP contribution in [0.15, 0.2) is 54.6 Å². The van der Waals surface area contributed by atoms with Crippen LogP contribution in [-0.4, -0.2) is 60.8 Å². The average Bonchev–Trinajstić information content (AvgIpc) is 2.68. The fourth-order valence-corrected chi connectivity index (χ4v) is 3.41. The molecule has 0 bridgehead atoms. The first kappa shape index (κ1) is 19.1. The third-order valence-corrected chi connectivity index (χ3v) is 5.31. The van der Waals surface area contributed by atoms with E-state index in [-0.39, 0.29) is 6.61 Å². The number of halogens is 1. The number of aliphatic hydroxyl groups is 1. The maximum absolute atomic E-state index is 9.02. The SMILES string of the molecule is CC(=CCN1CCN(CCO)CC1)c1ccc(-c2ccc(Cl)cc2)cc1. The average molecular weight is 371 g/mol. The third kappa shape index (κ3) is 5.18. The third-order valence-electron chi connectivity index (χ3n) is 5.05. The second-order valence-electron chi connectivity index (χ2n) is 6.84. The Morgan fingerprint density at radius 3 is 2.04 bits per heavy atom. The van der Waals surface area contributed by atoms with Gasteiger partial charge in [0.2, 0.25) is 0 Å². The number of hydrogen-bond acceptors (Lipinski definition) is 3. The fraction of sp³-hybridized carbons (Fsp3) is 0.364. The van der Waals surface area contributed by atoms with Crippen molar-refractivity contribution >= 4 is 17.2 Å². The van der Waals surface area contributed by atoms with Gasteiger partial charge in [-0.05, 0) is 41.3 Å². The highest BCUT2D eigenvalue weighted by molar-refractivity contribution is 6.30. The molecule has 3 rings (SSSR count). The van der Waals surface area contributed by atoms with Gasteiger partial charge >= 0.3 is 0 Å². The summed E-state index contributed by atoms with van der Waals surface area (Å²) in [6.07, 6.45) is 2.32. The van der Waals surface area contributed by atoms with Crippen LogP contribution in [-0.2, 0) is 0 Å². The van der Waals surface area contributed by atoms with E-state index in [9.17, 15) is 0 Å². The second kappa shape index (κ2) is 9.33. The summed E-state index contributed by atoms with van der Waals surface area (Å²) in [5.74, 6) is 0. The summed E-state index contributed by atoms with van der Waals surface area (Å²) in [7, 11) is 0. The van der Waals surface area contributed by atoms with Crippen LogP contribution in [0, 0.1) is 0 Å². The van der Waals surface area contributed by atoms with Crippen LogP contribution in [0.3, 0.4) is 0 Å². The van der Waals surface area contributed by atoms with E-state index in [4.69, 9.17) is 16.7 Å². The number of nitrogens with zero attached hydrogens (tertiary/aromatic N) is 2. The summed E-state index contributed by atoms with van der Waals surface area (Å²) in [5, 5.41) is 9.79. The molecule has 0 spiro atoms. The molecule has 26 heavy (non-hydrogen) atoms. The van der Waals surface area contributed by atoms with Crippen molar-refractivity contribution in [3.05, 3.63) is 65.2 Å². The van der Waals surface area contributed by atoms with Crippen LogP contribution >= 0.6 is 11.6 Å². The van der Waals surface area contributed by atoms with Crippen molar-refractivity contribution in [2.75, 3.05) is 45.9 Å². The monoisotopic (exact) mass is 370 g/mol. The molecule has 1 fully saturated rings. The number of rotatable bonds is 6. The lowest BCUT2D eigenvalue weighted by Gasteiger charge is -2.33. The van der Waals surface area contributed by atoms with E-state index < -0.39 is 0 Å². The summed E-state index contributed by atoms with van der Waals surface area (Å²) in [6.45, 7) is 8.44. The van der Waals surface area contributed by atoms with Gasteiger partial charge in [0.25, 0.3) is 0 Å². The minimum Gasteiger partial charge on any atom is -0.395 e. The predicted molar refractivity (Wildman–Crippen MR) is 111 cm³/mol. The van der Waals surface area contributed by atoms with Gasteiger partial charge in [-0.2, -0.15) is 0 Å². The highest BCUT2D eigenvalue weighted by Crippen LogP contribution is 2.24. The van der Waals surface area contributed by atoms with Crippen LogP contribution in [0.1, 0.15) is 12.5 Å². The molecule has 0 aromatic heterocycles. The lowest BCUT2D eigenvalue weighted by Crippen LogP contribution is -2.47. The molecule has 2 aromatic rings. The lowest BCUT2D eigenvalue weighted by atomic mass is 10.0.